The minimum Gasteiger partial charge on any atom is -0.248 e. The molecule has 0 aromatic carbocycles. The van der Waals surface area contributed by atoms with Crippen molar-refractivity contribution in [1.82, 2.24) is 0 Å². The van der Waals surface area contributed by atoms with Crippen molar-refractivity contribution in [2.75, 3.05) is 12.8 Å². The maximum absolute atomic E-state index is 11.7. The average Bonchev–Trinajstić information content (AvgIpc) is 1.95. The van der Waals surface area contributed by atoms with Gasteiger partial charge in [-0.3, -0.25) is 0 Å². The summed E-state index contributed by atoms with van der Waals surface area (Å²) in [5, 5.41) is 8.80. The van der Waals surface area contributed by atoms with E-state index in [0.29, 0.717) is 13.0 Å². The zero-order valence-electron chi connectivity index (χ0n) is 6.83. The average molecular weight is 172 g/mol. The molecule has 0 saturated carbocycles. The number of hydrogen-bond donors (Lipinski definition) is 0. The fourth-order valence-electron chi connectivity index (χ4n) is 1.13. The second-order valence-electron chi connectivity index (χ2n) is 3.10. The molecular weight excluding hydrogens is 160 g/mol. The molecule has 1 heterocycles. The van der Waals surface area contributed by atoms with Crippen LogP contribution in [0.25, 0.3) is 0 Å². The van der Waals surface area contributed by atoms with Crippen LogP contribution in [0.1, 0.15) is 19.8 Å². The van der Waals surface area contributed by atoms with E-state index in [-0.39, 0.29) is 0 Å². The molecule has 0 aromatic heterocycles. The second-order valence-corrected chi connectivity index (χ2v) is 5.87. The molecule has 0 saturated heterocycles. The Morgan fingerprint density at radius 1 is 1.73 bits per heavy atom. The highest BCUT2D eigenvalue weighted by Gasteiger charge is 2.35. The summed E-state index contributed by atoms with van der Waals surface area (Å²) in [6, 6.07) is 2.10. The molecule has 0 radical (unpaired) electrons. The van der Waals surface area contributed by atoms with E-state index in [1.807, 2.05) is 0 Å². The molecule has 2 atom stereocenters. The lowest BCUT2D eigenvalue weighted by Crippen LogP contribution is -2.35. The predicted molar refractivity (Wildman–Crippen MR) is 44.6 cm³/mol. The number of hydrogen-bond acceptors (Lipinski definition) is 3. The van der Waals surface area contributed by atoms with E-state index < -0.39 is 14.5 Å². The van der Waals surface area contributed by atoms with E-state index in [1.165, 1.54) is 0 Å². The van der Waals surface area contributed by atoms with Crippen LogP contribution in [0.4, 0.5) is 0 Å². The largest absolute Gasteiger partial charge is 0.248 e. The number of nitriles is 1. The van der Waals surface area contributed by atoms with E-state index in [2.05, 4.69) is 10.4 Å². The SMILES string of the molecule is C[C@]1(C#N)CCCN=[S@]1(C)=O. The lowest BCUT2D eigenvalue weighted by Gasteiger charge is -2.26. The molecule has 1 aliphatic rings. The third-order valence-electron chi connectivity index (χ3n) is 2.22. The normalized spacial score (nSPS) is 44.1. The van der Waals surface area contributed by atoms with Crippen LogP contribution < -0.4 is 0 Å². The van der Waals surface area contributed by atoms with Crippen LogP contribution in [-0.4, -0.2) is 21.8 Å². The zero-order chi connectivity index (χ0) is 8.54. The van der Waals surface area contributed by atoms with Gasteiger partial charge in [0, 0.05) is 12.8 Å². The van der Waals surface area contributed by atoms with Gasteiger partial charge in [-0.1, -0.05) is 0 Å². The maximum atomic E-state index is 11.7. The third kappa shape index (κ3) is 1.25. The highest BCUT2D eigenvalue weighted by Crippen LogP contribution is 2.27. The van der Waals surface area contributed by atoms with Gasteiger partial charge in [0.2, 0.25) is 0 Å². The van der Waals surface area contributed by atoms with Crippen molar-refractivity contribution in [2.45, 2.75) is 24.5 Å². The van der Waals surface area contributed by atoms with Crippen LogP contribution in [0, 0.1) is 11.3 Å². The Bertz CT molecular complexity index is 309. The molecule has 1 aliphatic heterocycles. The molecule has 0 spiro atoms. The fraction of sp³-hybridized carbons (Fsp3) is 0.857. The summed E-state index contributed by atoms with van der Waals surface area (Å²) in [5.74, 6) is 0. The van der Waals surface area contributed by atoms with E-state index in [1.54, 1.807) is 13.2 Å². The summed E-state index contributed by atoms with van der Waals surface area (Å²) in [5.41, 5.74) is 0. The van der Waals surface area contributed by atoms with E-state index in [9.17, 15) is 4.21 Å². The van der Waals surface area contributed by atoms with Crippen molar-refractivity contribution in [3.05, 3.63) is 0 Å². The molecule has 1 rings (SSSR count). The quantitative estimate of drug-likeness (QED) is 0.550. The summed E-state index contributed by atoms with van der Waals surface area (Å²) in [7, 11) is -2.26. The van der Waals surface area contributed by atoms with Gasteiger partial charge in [0.15, 0.2) is 0 Å². The molecule has 62 valence electrons. The van der Waals surface area contributed by atoms with Gasteiger partial charge in [-0.05, 0) is 19.8 Å². The molecule has 4 heteroatoms. The van der Waals surface area contributed by atoms with Gasteiger partial charge in [0.05, 0.1) is 15.8 Å². The topological polar surface area (TPSA) is 53.2 Å². The van der Waals surface area contributed by atoms with Crippen molar-refractivity contribution in [2.24, 2.45) is 4.36 Å². The standard InChI is InChI=1S/C7H12N2OS/c1-7(6-8)4-3-5-9-11(7,2)10/h3-5H2,1-2H3/t7-,11-/m1/s1. The van der Waals surface area contributed by atoms with Gasteiger partial charge >= 0.3 is 0 Å². The molecule has 0 bridgehead atoms. The van der Waals surface area contributed by atoms with Crippen LogP contribution in [0.5, 0.6) is 0 Å². The maximum Gasteiger partial charge on any atom is 0.137 e. The molecule has 11 heavy (non-hydrogen) atoms. The van der Waals surface area contributed by atoms with E-state index in [4.69, 9.17) is 5.26 Å². The Morgan fingerprint density at radius 3 is 2.73 bits per heavy atom. The zero-order valence-corrected chi connectivity index (χ0v) is 7.65. The van der Waals surface area contributed by atoms with Crippen LogP contribution in [0.2, 0.25) is 0 Å². The summed E-state index contributed by atoms with van der Waals surface area (Å²) < 4.78 is 15.0. The molecule has 3 nitrogen and oxygen atoms in total. The molecule has 0 aromatic rings. The lowest BCUT2D eigenvalue weighted by molar-refractivity contribution is 0.589. The first-order chi connectivity index (χ1) is 5.02. The van der Waals surface area contributed by atoms with E-state index in [0.717, 1.165) is 6.42 Å². The monoisotopic (exact) mass is 172 g/mol. The Kier molecular flexibility index (Phi) is 1.93. The first-order valence-corrected chi connectivity index (χ1v) is 5.53. The molecule has 0 unspecified atom stereocenters. The lowest BCUT2D eigenvalue weighted by atomic mass is 10.1. The predicted octanol–water partition coefficient (Wildman–Crippen LogP) is 1.16. The summed E-state index contributed by atoms with van der Waals surface area (Å²) in [4.78, 5) is 0. The Morgan fingerprint density at radius 2 is 2.36 bits per heavy atom. The van der Waals surface area contributed by atoms with Gasteiger partial charge in [-0.2, -0.15) is 5.26 Å². The highest BCUT2D eigenvalue weighted by atomic mass is 32.2. The molecule has 0 fully saturated rings. The third-order valence-corrected chi connectivity index (χ3v) is 4.86. The first-order valence-electron chi connectivity index (χ1n) is 3.61. The molecule has 0 aliphatic carbocycles. The molecular formula is C7H12N2OS. The summed E-state index contributed by atoms with van der Waals surface area (Å²) >= 11 is 0. The summed E-state index contributed by atoms with van der Waals surface area (Å²) in [6.07, 6.45) is 3.17. The van der Waals surface area contributed by atoms with Crippen molar-refractivity contribution < 1.29 is 4.21 Å². The molecule has 0 N–H and O–H groups in total. The molecule has 0 amide bonds. The van der Waals surface area contributed by atoms with Gasteiger partial charge in [-0.25, -0.2) is 8.57 Å². The minimum absolute atomic E-state index is 0.645. The van der Waals surface area contributed by atoms with Gasteiger partial charge in [0.25, 0.3) is 0 Å². The van der Waals surface area contributed by atoms with Crippen LogP contribution in [0.3, 0.4) is 0 Å². The number of rotatable bonds is 0. The van der Waals surface area contributed by atoms with Gasteiger partial charge in [-0.15, -0.1) is 0 Å². The fourth-order valence-corrected chi connectivity index (χ4v) is 2.58. The van der Waals surface area contributed by atoms with Crippen molar-refractivity contribution in [1.29, 1.82) is 5.26 Å². The second kappa shape index (κ2) is 2.49. The smallest absolute Gasteiger partial charge is 0.137 e. The Balaban J connectivity index is 3.20. The van der Waals surface area contributed by atoms with Crippen molar-refractivity contribution >= 4 is 9.73 Å². The minimum atomic E-state index is -2.26. The van der Waals surface area contributed by atoms with Crippen LogP contribution >= 0.6 is 0 Å². The first kappa shape index (κ1) is 8.54. The van der Waals surface area contributed by atoms with Crippen molar-refractivity contribution in [3.63, 3.8) is 0 Å². The Hall–Kier alpha value is -0.560. The Labute approximate surface area is 67.6 Å². The van der Waals surface area contributed by atoms with Crippen LogP contribution in [-0.2, 0) is 9.73 Å². The van der Waals surface area contributed by atoms with Crippen molar-refractivity contribution in [3.8, 4) is 6.07 Å². The highest BCUT2D eigenvalue weighted by molar-refractivity contribution is 7.94. The van der Waals surface area contributed by atoms with E-state index >= 15 is 0 Å². The van der Waals surface area contributed by atoms with Crippen LogP contribution in [0.15, 0.2) is 4.36 Å². The van der Waals surface area contributed by atoms with Gasteiger partial charge in [0.1, 0.15) is 4.75 Å². The van der Waals surface area contributed by atoms with Gasteiger partial charge < -0.3 is 0 Å². The summed E-state index contributed by atoms with van der Waals surface area (Å²) in [6.45, 7) is 2.38. The number of nitrogens with zero attached hydrogens (tertiary/aromatic N) is 2.